The molecule has 25 heavy (non-hydrogen) atoms. The van der Waals surface area contributed by atoms with E-state index in [1.54, 1.807) is 23.1 Å². The van der Waals surface area contributed by atoms with Crippen molar-refractivity contribution in [1.29, 1.82) is 0 Å². The lowest BCUT2D eigenvalue weighted by Gasteiger charge is -2.21. The van der Waals surface area contributed by atoms with E-state index in [2.05, 4.69) is 0 Å². The number of hydrogen-bond acceptors (Lipinski definition) is 2. The number of benzene rings is 2. The number of thioether (sulfide) groups is 1. The Hall–Kier alpha value is -1.30. The van der Waals surface area contributed by atoms with Crippen molar-refractivity contribution in [3.63, 3.8) is 0 Å². The summed E-state index contributed by atoms with van der Waals surface area (Å²) in [5.74, 6) is -0.449. The van der Waals surface area contributed by atoms with Gasteiger partial charge < -0.3 is 4.90 Å². The molecule has 1 amide bonds. The first-order chi connectivity index (χ1) is 12.0. The van der Waals surface area contributed by atoms with E-state index in [0.29, 0.717) is 46.4 Å². The molecular formula is C18H15Cl2F2NOS. The third-order valence-corrected chi connectivity index (χ3v) is 5.97. The van der Waals surface area contributed by atoms with Crippen LogP contribution in [0.15, 0.2) is 36.4 Å². The molecule has 1 saturated heterocycles. The van der Waals surface area contributed by atoms with Gasteiger partial charge in [0.1, 0.15) is 11.6 Å². The molecule has 1 fully saturated rings. The van der Waals surface area contributed by atoms with Crippen molar-refractivity contribution in [1.82, 2.24) is 4.90 Å². The zero-order chi connectivity index (χ0) is 18.0. The van der Waals surface area contributed by atoms with Crippen LogP contribution in [0.4, 0.5) is 8.78 Å². The van der Waals surface area contributed by atoms with Gasteiger partial charge in [-0.3, -0.25) is 4.79 Å². The van der Waals surface area contributed by atoms with E-state index in [9.17, 15) is 13.6 Å². The van der Waals surface area contributed by atoms with Gasteiger partial charge in [-0.05, 0) is 42.8 Å². The molecule has 0 aromatic heterocycles. The number of halogens is 4. The number of carbonyl (C=O) groups excluding carboxylic acids is 1. The fourth-order valence-corrected chi connectivity index (χ4v) is 4.43. The van der Waals surface area contributed by atoms with E-state index < -0.39 is 11.6 Å². The first kappa shape index (κ1) is 18.5. The molecule has 0 spiro atoms. The summed E-state index contributed by atoms with van der Waals surface area (Å²) in [6, 6.07) is 8.25. The van der Waals surface area contributed by atoms with Crippen LogP contribution >= 0.6 is 35.0 Å². The van der Waals surface area contributed by atoms with Crippen molar-refractivity contribution in [2.45, 2.75) is 11.7 Å². The van der Waals surface area contributed by atoms with Gasteiger partial charge in [-0.2, -0.15) is 11.8 Å². The van der Waals surface area contributed by atoms with Crippen molar-refractivity contribution in [2.75, 3.05) is 18.8 Å². The average Bonchev–Trinajstić information content (AvgIpc) is 2.84. The maximum absolute atomic E-state index is 14.0. The Morgan fingerprint density at radius 2 is 1.92 bits per heavy atom. The van der Waals surface area contributed by atoms with Gasteiger partial charge in [-0.1, -0.05) is 23.2 Å². The van der Waals surface area contributed by atoms with Gasteiger partial charge >= 0.3 is 0 Å². The highest BCUT2D eigenvalue weighted by Gasteiger charge is 2.26. The molecule has 2 aromatic carbocycles. The van der Waals surface area contributed by atoms with Crippen molar-refractivity contribution in [2.24, 2.45) is 0 Å². The molecule has 1 atom stereocenters. The Kier molecular flexibility index (Phi) is 5.87. The summed E-state index contributed by atoms with van der Waals surface area (Å²) >= 11 is 13.6. The number of amides is 1. The lowest BCUT2D eigenvalue weighted by Crippen LogP contribution is -2.33. The smallest absolute Gasteiger partial charge is 0.255 e. The summed E-state index contributed by atoms with van der Waals surface area (Å²) < 4.78 is 27.5. The van der Waals surface area contributed by atoms with Crippen LogP contribution in [0.5, 0.6) is 0 Å². The summed E-state index contributed by atoms with van der Waals surface area (Å²) in [6.45, 7) is 0.953. The Morgan fingerprint density at radius 3 is 2.72 bits per heavy atom. The Labute approximate surface area is 159 Å². The second-order valence-corrected chi connectivity index (χ2v) is 7.88. The van der Waals surface area contributed by atoms with Crippen LogP contribution in [-0.4, -0.2) is 29.6 Å². The fourth-order valence-electron chi connectivity index (χ4n) is 2.81. The molecule has 0 saturated carbocycles. The van der Waals surface area contributed by atoms with Gasteiger partial charge in [-0.15, -0.1) is 0 Å². The number of hydrogen-bond donors (Lipinski definition) is 0. The van der Waals surface area contributed by atoms with Crippen LogP contribution < -0.4 is 0 Å². The van der Waals surface area contributed by atoms with Gasteiger partial charge in [0.25, 0.3) is 5.91 Å². The average molecular weight is 402 g/mol. The van der Waals surface area contributed by atoms with Crippen LogP contribution in [0.1, 0.15) is 27.6 Å². The molecule has 7 heteroatoms. The van der Waals surface area contributed by atoms with E-state index in [1.165, 1.54) is 17.8 Å². The maximum Gasteiger partial charge on any atom is 0.255 e. The van der Waals surface area contributed by atoms with Crippen molar-refractivity contribution >= 4 is 40.9 Å². The van der Waals surface area contributed by atoms with Crippen LogP contribution in [0.25, 0.3) is 0 Å². The first-order valence-corrected chi connectivity index (χ1v) is 9.57. The predicted molar refractivity (Wildman–Crippen MR) is 98.5 cm³/mol. The van der Waals surface area contributed by atoms with Gasteiger partial charge in [0.15, 0.2) is 0 Å². The second kappa shape index (κ2) is 7.94. The lowest BCUT2D eigenvalue weighted by molar-refractivity contribution is 0.0766. The molecule has 0 aliphatic carbocycles. The third kappa shape index (κ3) is 4.27. The molecule has 132 valence electrons. The van der Waals surface area contributed by atoms with Gasteiger partial charge in [0.2, 0.25) is 0 Å². The third-order valence-electron chi connectivity index (χ3n) is 4.09. The van der Waals surface area contributed by atoms with Crippen LogP contribution in [0.3, 0.4) is 0 Å². The monoisotopic (exact) mass is 401 g/mol. The highest BCUT2D eigenvalue weighted by atomic mass is 35.5. The molecule has 2 aromatic rings. The van der Waals surface area contributed by atoms with Gasteiger partial charge in [0, 0.05) is 34.7 Å². The standard InChI is InChI=1S/C18H15Cl2F2NOS/c19-11-1-3-15(20)13(9-11)18(24)23-6-5-17(25-8-7-23)14-10-12(21)2-4-16(14)22/h1-4,9-10,17H,5-8H2. The van der Waals surface area contributed by atoms with Crippen LogP contribution in [0, 0.1) is 11.6 Å². The summed E-state index contributed by atoms with van der Waals surface area (Å²) in [6.07, 6.45) is 0.537. The Balaban J connectivity index is 1.76. The highest BCUT2D eigenvalue weighted by Crippen LogP contribution is 2.36. The van der Waals surface area contributed by atoms with Crippen LogP contribution in [0.2, 0.25) is 10.0 Å². The molecule has 3 rings (SSSR count). The van der Waals surface area contributed by atoms with E-state index in [4.69, 9.17) is 23.2 Å². The minimum atomic E-state index is -0.458. The number of carbonyl (C=O) groups is 1. The first-order valence-electron chi connectivity index (χ1n) is 7.76. The predicted octanol–water partition coefficient (Wildman–Crippen LogP) is 5.59. The summed E-state index contributed by atoms with van der Waals surface area (Å²) in [7, 11) is 0. The summed E-state index contributed by atoms with van der Waals surface area (Å²) in [5.41, 5.74) is 0.703. The van der Waals surface area contributed by atoms with Gasteiger partial charge in [0.05, 0.1) is 10.6 Å². The van der Waals surface area contributed by atoms with E-state index in [0.717, 1.165) is 12.1 Å². The number of rotatable bonds is 2. The summed E-state index contributed by atoms with van der Waals surface area (Å²) in [5, 5.41) is 0.596. The van der Waals surface area contributed by atoms with E-state index in [1.807, 2.05) is 0 Å². The number of nitrogens with zero attached hydrogens (tertiary/aromatic N) is 1. The molecule has 0 N–H and O–H groups in total. The zero-order valence-electron chi connectivity index (χ0n) is 13.1. The molecule has 0 radical (unpaired) electrons. The molecule has 0 bridgehead atoms. The van der Waals surface area contributed by atoms with Crippen molar-refractivity contribution in [3.05, 3.63) is 69.2 Å². The molecular weight excluding hydrogens is 387 g/mol. The fraction of sp³-hybridized carbons (Fsp3) is 0.278. The van der Waals surface area contributed by atoms with Gasteiger partial charge in [-0.25, -0.2) is 8.78 Å². The molecule has 1 aliphatic rings. The Morgan fingerprint density at radius 1 is 1.12 bits per heavy atom. The molecule has 1 unspecified atom stereocenters. The van der Waals surface area contributed by atoms with Crippen molar-refractivity contribution in [3.8, 4) is 0 Å². The Bertz CT molecular complexity index is 803. The lowest BCUT2D eigenvalue weighted by atomic mass is 10.1. The molecule has 1 aliphatic heterocycles. The quantitative estimate of drug-likeness (QED) is 0.653. The largest absolute Gasteiger partial charge is 0.338 e. The van der Waals surface area contributed by atoms with E-state index >= 15 is 0 Å². The van der Waals surface area contributed by atoms with Crippen LogP contribution in [-0.2, 0) is 0 Å². The highest BCUT2D eigenvalue weighted by molar-refractivity contribution is 7.99. The maximum atomic E-state index is 14.0. The van der Waals surface area contributed by atoms with Crippen molar-refractivity contribution < 1.29 is 13.6 Å². The minimum absolute atomic E-state index is 0.191. The SMILES string of the molecule is O=C(c1cc(Cl)ccc1Cl)N1CCSC(c2cc(F)ccc2F)CC1. The molecule has 1 heterocycles. The zero-order valence-corrected chi connectivity index (χ0v) is 15.5. The normalized spacial score (nSPS) is 18.1. The topological polar surface area (TPSA) is 20.3 Å². The van der Waals surface area contributed by atoms with E-state index in [-0.39, 0.29) is 11.2 Å². The summed E-state index contributed by atoms with van der Waals surface area (Å²) in [4.78, 5) is 14.4. The minimum Gasteiger partial charge on any atom is -0.338 e. The second-order valence-electron chi connectivity index (χ2n) is 5.73. The molecule has 2 nitrogen and oxygen atoms in total.